The number of rotatable bonds is 3. The van der Waals surface area contributed by atoms with Crippen LogP contribution in [0.1, 0.15) is 5.82 Å². The first-order valence-electron chi connectivity index (χ1n) is 4.09. The predicted octanol–water partition coefficient (Wildman–Crippen LogP) is 2.55. The Labute approximate surface area is 93.2 Å². The van der Waals surface area contributed by atoms with E-state index in [0.717, 1.165) is 0 Å². The highest BCUT2D eigenvalue weighted by molar-refractivity contribution is 9.10. The van der Waals surface area contributed by atoms with Gasteiger partial charge in [0.15, 0.2) is 6.61 Å². The lowest BCUT2D eigenvalue weighted by atomic mass is 10.3. The molecular formula is C9H6BrFN2O2. The smallest absolute Gasteiger partial charge is 0.213 e. The van der Waals surface area contributed by atoms with Gasteiger partial charge >= 0.3 is 0 Å². The highest BCUT2D eigenvalue weighted by Gasteiger charge is 2.04. The lowest BCUT2D eigenvalue weighted by molar-refractivity contribution is 0.284. The second-order valence-corrected chi connectivity index (χ2v) is 3.57. The minimum atomic E-state index is -0.325. The molecule has 1 aromatic heterocycles. The number of halogens is 2. The molecule has 2 rings (SSSR count). The van der Waals surface area contributed by atoms with Crippen molar-refractivity contribution in [3.63, 3.8) is 0 Å². The van der Waals surface area contributed by atoms with Crippen molar-refractivity contribution in [2.45, 2.75) is 6.61 Å². The third kappa shape index (κ3) is 2.53. The molecule has 2 aromatic rings. The van der Waals surface area contributed by atoms with E-state index >= 15 is 0 Å². The summed E-state index contributed by atoms with van der Waals surface area (Å²) in [7, 11) is 0. The summed E-state index contributed by atoms with van der Waals surface area (Å²) in [5.74, 6) is 0.640. The molecule has 0 saturated heterocycles. The number of benzene rings is 1. The zero-order chi connectivity index (χ0) is 10.7. The minimum absolute atomic E-state index is 0.181. The van der Waals surface area contributed by atoms with Gasteiger partial charge < -0.3 is 9.26 Å². The van der Waals surface area contributed by atoms with E-state index < -0.39 is 0 Å². The van der Waals surface area contributed by atoms with Gasteiger partial charge in [-0.05, 0) is 34.1 Å². The predicted molar refractivity (Wildman–Crippen MR) is 52.7 cm³/mol. The van der Waals surface area contributed by atoms with E-state index in [4.69, 9.17) is 4.74 Å². The number of hydrogen-bond acceptors (Lipinski definition) is 4. The molecule has 0 spiro atoms. The van der Waals surface area contributed by atoms with Crippen molar-refractivity contribution in [3.05, 3.63) is 40.7 Å². The fraction of sp³-hybridized carbons (Fsp3) is 0.111. The average molecular weight is 273 g/mol. The highest BCUT2D eigenvalue weighted by atomic mass is 79.9. The summed E-state index contributed by atoms with van der Waals surface area (Å²) in [6, 6.07) is 4.17. The summed E-state index contributed by atoms with van der Waals surface area (Å²) >= 11 is 3.18. The van der Waals surface area contributed by atoms with E-state index in [1.807, 2.05) is 0 Å². The lowest BCUT2D eigenvalue weighted by Gasteiger charge is -2.05. The van der Waals surface area contributed by atoms with Crippen molar-refractivity contribution in [2.24, 2.45) is 0 Å². The fourth-order valence-corrected chi connectivity index (χ4v) is 1.46. The molecule has 0 radical (unpaired) electrons. The summed E-state index contributed by atoms with van der Waals surface area (Å²) in [6.07, 6.45) is 1.22. The van der Waals surface area contributed by atoms with Crippen LogP contribution in [0.2, 0.25) is 0 Å². The van der Waals surface area contributed by atoms with Gasteiger partial charge in [0.2, 0.25) is 12.2 Å². The van der Waals surface area contributed by atoms with Crippen LogP contribution in [0.5, 0.6) is 5.75 Å². The Hall–Kier alpha value is -1.43. The maximum atomic E-state index is 12.7. The van der Waals surface area contributed by atoms with E-state index in [9.17, 15) is 4.39 Å². The Morgan fingerprint density at radius 3 is 3.00 bits per heavy atom. The number of nitrogens with zero attached hydrogens (tertiary/aromatic N) is 2. The van der Waals surface area contributed by atoms with Crippen LogP contribution in [0, 0.1) is 5.82 Å². The molecule has 6 heteroatoms. The van der Waals surface area contributed by atoms with Crippen molar-refractivity contribution in [2.75, 3.05) is 0 Å². The summed E-state index contributed by atoms with van der Waals surface area (Å²) in [5.41, 5.74) is 0. The Bertz CT molecular complexity index is 447. The molecule has 4 nitrogen and oxygen atoms in total. The van der Waals surface area contributed by atoms with Gasteiger partial charge in [0.25, 0.3) is 0 Å². The Morgan fingerprint density at radius 2 is 2.33 bits per heavy atom. The second-order valence-electron chi connectivity index (χ2n) is 2.71. The van der Waals surface area contributed by atoms with Gasteiger partial charge in [-0.1, -0.05) is 5.16 Å². The molecule has 0 aliphatic rings. The Kier molecular flexibility index (Phi) is 2.96. The molecule has 0 amide bonds. The zero-order valence-electron chi connectivity index (χ0n) is 7.48. The second kappa shape index (κ2) is 4.39. The molecule has 0 aliphatic heterocycles. The van der Waals surface area contributed by atoms with Crippen LogP contribution in [0.4, 0.5) is 4.39 Å². The standard InChI is InChI=1S/C9H6BrFN2O2/c10-7-3-6(11)1-2-8(7)14-4-9-12-5-15-13-9/h1-3,5H,4H2. The van der Waals surface area contributed by atoms with Gasteiger partial charge in [-0.15, -0.1) is 0 Å². The third-order valence-corrected chi connectivity index (χ3v) is 2.28. The van der Waals surface area contributed by atoms with Crippen LogP contribution in [0.3, 0.4) is 0 Å². The molecule has 0 saturated carbocycles. The largest absolute Gasteiger partial charge is 0.484 e. The van der Waals surface area contributed by atoms with Gasteiger partial charge in [0, 0.05) is 0 Å². The number of aromatic nitrogens is 2. The summed E-state index contributed by atoms with van der Waals surface area (Å²) in [5, 5.41) is 3.58. The highest BCUT2D eigenvalue weighted by Crippen LogP contribution is 2.25. The van der Waals surface area contributed by atoms with Crippen molar-refractivity contribution >= 4 is 15.9 Å². The van der Waals surface area contributed by atoms with E-state index in [1.54, 1.807) is 0 Å². The number of hydrogen-bond donors (Lipinski definition) is 0. The van der Waals surface area contributed by atoms with Gasteiger partial charge in [0.05, 0.1) is 4.47 Å². The summed E-state index contributed by atoms with van der Waals surface area (Å²) in [4.78, 5) is 3.79. The van der Waals surface area contributed by atoms with Crippen molar-refractivity contribution < 1.29 is 13.7 Å². The molecule has 1 aromatic carbocycles. The van der Waals surface area contributed by atoms with E-state index in [0.29, 0.717) is 16.0 Å². The van der Waals surface area contributed by atoms with E-state index in [2.05, 4.69) is 30.6 Å². The zero-order valence-corrected chi connectivity index (χ0v) is 9.07. The monoisotopic (exact) mass is 272 g/mol. The first-order chi connectivity index (χ1) is 7.25. The van der Waals surface area contributed by atoms with Crippen LogP contribution in [0.15, 0.2) is 33.6 Å². The molecule has 0 unspecified atom stereocenters. The first-order valence-corrected chi connectivity index (χ1v) is 4.88. The van der Waals surface area contributed by atoms with Crippen LogP contribution in [-0.2, 0) is 6.61 Å². The van der Waals surface area contributed by atoms with Gasteiger partial charge in [-0.3, -0.25) is 0 Å². The molecule has 0 fully saturated rings. The fourth-order valence-electron chi connectivity index (χ4n) is 0.991. The summed E-state index contributed by atoms with van der Waals surface area (Å²) < 4.78 is 23.2. The van der Waals surface area contributed by atoms with Crippen molar-refractivity contribution in [1.82, 2.24) is 10.1 Å². The number of ether oxygens (including phenoxy) is 1. The Morgan fingerprint density at radius 1 is 1.47 bits per heavy atom. The van der Waals surface area contributed by atoms with Crippen molar-refractivity contribution in [1.29, 1.82) is 0 Å². The van der Waals surface area contributed by atoms with Crippen LogP contribution in [0.25, 0.3) is 0 Å². The quantitative estimate of drug-likeness (QED) is 0.862. The van der Waals surface area contributed by atoms with Gasteiger partial charge in [-0.25, -0.2) is 4.39 Å². The molecule has 78 valence electrons. The normalized spacial score (nSPS) is 10.3. The molecular weight excluding hydrogens is 267 g/mol. The molecule has 0 aliphatic carbocycles. The Balaban J connectivity index is 2.05. The lowest BCUT2D eigenvalue weighted by Crippen LogP contribution is -1.98. The van der Waals surface area contributed by atoms with Crippen LogP contribution < -0.4 is 4.74 Å². The topological polar surface area (TPSA) is 48.2 Å². The molecule has 0 N–H and O–H groups in total. The van der Waals surface area contributed by atoms with Crippen molar-refractivity contribution in [3.8, 4) is 5.75 Å². The first kappa shape index (κ1) is 10.1. The van der Waals surface area contributed by atoms with Gasteiger partial charge in [0.1, 0.15) is 11.6 Å². The maximum absolute atomic E-state index is 12.7. The minimum Gasteiger partial charge on any atom is -0.484 e. The van der Waals surface area contributed by atoms with E-state index in [1.165, 1.54) is 24.6 Å². The molecule has 15 heavy (non-hydrogen) atoms. The SMILES string of the molecule is Fc1ccc(OCc2ncon2)c(Br)c1. The maximum Gasteiger partial charge on any atom is 0.213 e. The molecule has 0 bridgehead atoms. The summed E-state index contributed by atoms with van der Waals surface area (Å²) in [6.45, 7) is 0.181. The van der Waals surface area contributed by atoms with E-state index in [-0.39, 0.29) is 12.4 Å². The van der Waals surface area contributed by atoms with Crippen LogP contribution >= 0.6 is 15.9 Å². The molecule has 1 heterocycles. The van der Waals surface area contributed by atoms with Gasteiger partial charge in [-0.2, -0.15) is 4.98 Å². The van der Waals surface area contributed by atoms with Crippen LogP contribution in [-0.4, -0.2) is 10.1 Å². The molecule has 0 atom stereocenters. The third-order valence-electron chi connectivity index (χ3n) is 1.66. The average Bonchev–Trinajstić information content (AvgIpc) is 2.69.